The summed E-state index contributed by atoms with van der Waals surface area (Å²) in [6.45, 7) is 0. The van der Waals surface area contributed by atoms with Crippen LogP contribution >= 0.6 is 0 Å². The molecule has 3 rings (SSSR count). The van der Waals surface area contributed by atoms with Crippen molar-refractivity contribution in [1.29, 1.82) is 0 Å². The SMILES string of the molecule is COc1ccc(S(=O)(=O)Nc2ccc(Cc3ccccc3)cc2)cc1OC. The van der Waals surface area contributed by atoms with Crippen molar-refractivity contribution in [2.24, 2.45) is 0 Å². The number of anilines is 1. The minimum Gasteiger partial charge on any atom is -0.493 e. The maximum Gasteiger partial charge on any atom is 0.262 e. The maximum atomic E-state index is 12.6. The summed E-state index contributed by atoms with van der Waals surface area (Å²) < 4.78 is 38.2. The largest absolute Gasteiger partial charge is 0.493 e. The van der Waals surface area contributed by atoms with Gasteiger partial charge in [-0.1, -0.05) is 42.5 Å². The fourth-order valence-electron chi connectivity index (χ4n) is 2.72. The van der Waals surface area contributed by atoms with Gasteiger partial charge in [-0.25, -0.2) is 8.42 Å². The molecule has 27 heavy (non-hydrogen) atoms. The van der Waals surface area contributed by atoms with Crippen molar-refractivity contribution in [2.75, 3.05) is 18.9 Å². The number of hydrogen-bond donors (Lipinski definition) is 1. The van der Waals surface area contributed by atoms with Gasteiger partial charge in [0.2, 0.25) is 0 Å². The van der Waals surface area contributed by atoms with E-state index in [1.165, 1.54) is 31.9 Å². The van der Waals surface area contributed by atoms with Crippen molar-refractivity contribution in [3.8, 4) is 11.5 Å². The third kappa shape index (κ3) is 4.60. The van der Waals surface area contributed by atoms with Gasteiger partial charge in [0, 0.05) is 11.8 Å². The molecular formula is C21H21NO4S. The van der Waals surface area contributed by atoms with E-state index in [2.05, 4.69) is 16.9 Å². The van der Waals surface area contributed by atoms with Crippen LogP contribution in [-0.2, 0) is 16.4 Å². The smallest absolute Gasteiger partial charge is 0.262 e. The molecular weight excluding hydrogens is 362 g/mol. The van der Waals surface area contributed by atoms with Gasteiger partial charge in [-0.15, -0.1) is 0 Å². The Balaban J connectivity index is 1.76. The highest BCUT2D eigenvalue weighted by Gasteiger charge is 2.17. The van der Waals surface area contributed by atoms with Crippen LogP contribution in [0.5, 0.6) is 11.5 Å². The van der Waals surface area contributed by atoms with Crippen molar-refractivity contribution in [2.45, 2.75) is 11.3 Å². The van der Waals surface area contributed by atoms with Crippen LogP contribution in [0.25, 0.3) is 0 Å². The summed E-state index contributed by atoms with van der Waals surface area (Å²) in [5, 5.41) is 0. The normalized spacial score (nSPS) is 11.0. The first-order valence-corrected chi connectivity index (χ1v) is 9.88. The average Bonchev–Trinajstić information content (AvgIpc) is 2.69. The lowest BCUT2D eigenvalue weighted by atomic mass is 10.1. The maximum absolute atomic E-state index is 12.6. The number of rotatable bonds is 7. The van der Waals surface area contributed by atoms with Crippen LogP contribution in [0.1, 0.15) is 11.1 Å². The highest BCUT2D eigenvalue weighted by Crippen LogP contribution is 2.30. The Bertz CT molecular complexity index is 1000. The van der Waals surface area contributed by atoms with Gasteiger partial charge in [0.05, 0.1) is 19.1 Å². The van der Waals surface area contributed by atoms with Crippen LogP contribution in [-0.4, -0.2) is 22.6 Å². The molecule has 0 bridgehead atoms. The Morgan fingerprint density at radius 3 is 2.04 bits per heavy atom. The fourth-order valence-corrected chi connectivity index (χ4v) is 3.79. The third-order valence-corrected chi connectivity index (χ3v) is 5.50. The second-order valence-electron chi connectivity index (χ2n) is 5.98. The molecule has 0 heterocycles. The molecule has 0 saturated carbocycles. The van der Waals surface area contributed by atoms with Crippen LogP contribution in [0, 0.1) is 0 Å². The topological polar surface area (TPSA) is 64.6 Å². The highest BCUT2D eigenvalue weighted by molar-refractivity contribution is 7.92. The van der Waals surface area contributed by atoms with Crippen LogP contribution in [0.4, 0.5) is 5.69 Å². The highest BCUT2D eigenvalue weighted by atomic mass is 32.2. The van der Waals surface area contributed by atoms with Crippen LogP contribution in [0.2, 0.25) is 0 Å². The first kappa shape index (κ1) is 18.8. The van der Waals surface area contributed by atoms with Crippen molar-refractivity contribution in [3.05, 3.63) is 83.9 Å². The number of methoxy groups -OCH3 is 2. The molecule has 1 N–H and O–H groups in total. The average molecular weight is 383 g/mol. The summed E-state index contributed by atoms with van der Waals surface area (Å²) in [7, 11) is -0.762. The van der Waals surface area contributed by atoms with Crippen molar-refractivity contribution < 1.29 is 17.9 Å². The van der Waals surface area contributed by atoms with E-state index in [1.54, 1.807) is 18.2 Å². The minimum absolute atomic E-state index is 0.105. The Morgan fingerprint density at radius 1 is 0.778 bits per heavy atom. The lowest BCUT2D eigenvalue weighted by molar-refractivity contribution is 0.354. The fraction of sp³-hybridized carbons (Fsp3) is 0.143. The van der Waals surface area contributed by atoms with Gasteiger partial charge >= 0.3 is 0 Å². The Morgan fingerprint density at radius 2 is 1.41 bits per heavy atom. The molecule has 0 aliphatic heterocycles. The summed E-state index contributed by atoms with van der Waals surface area (Å²) >= 11 is 0. The molecule has 6 heteroatoms. The molecule has 140 valence electrons. The van der Waals surface area contributed by atoms with E-state index in [0.29, 0.717) is 17.2 Å². The quantitative estimate of drug-likeness (QED) is 0.667. The lowest BCUT2D eigenvalue weighted by Gasteiger charge is -2.12. The molecule has 0 atom stereocenters. The zero-order valence-corrected chi connectivity index (χ0v) is 16.0. The molecule has 0 spiro atoms. The number of ether oxygens (including phenoxy) is 2. The summed E-state index contributed by atoms with van der Waals surface area (Å²) in [4.78, 5) is 0.105. The Hall–Kier alpha value is -2.99. The van der Waals surface area contributed by atoms with Gasteiger partial charge in [-0.2, -0.15) is 0 Å². The Labute approximate surface area is 159 Å². The second kappa shape index (κ2) is 8.14. The molecule has 0 saturated heterocycles. The zero-order valence-electron chi connectivity index (χ0n) is 15.2. The predicted octanol–water partition coefficient (Wildman–Crippen LogP) is 4.10. The number of hydrogen-bond acceptors (Lipinski definition) is 4. The molecule has 0 amide bonds. The molecule has 0 unspecified atom stereocenters. The minimum atomic E-state index is -3.73. The van der Waals surface area contributed by atoms with E-state index >= 15 is 0 Å². The lowest BCUT2D eigenvalue weighted by Crippen LogP contribution is -2.13. The first-order chi connectivity index (χ1) is 13.0. The van der Waals surface area contributed by atoms with Gasteiger partial charge in [-0.3, -0.25) is 4.72 Å². The monoisotopic (exact) mass is 383 g/mol. The number of sulfonamides is 1. The van der Waals surface area contributed by atoms with Crippen LogP contribution in [0.15, 0.2) is 77.7 Å². The molecule has 0 aromatic heterocycles. The first-order valence-electron chi connectivity index (χ1n) is 8.39. The molecule has 3 aromatic rings. The van der Waals surface area contributed by atoms with Crippen molar-refractivity contribution >= 4 is 15.7 Å². The van der Waals surface area contributed by atoms with Gasteiger partial charge in [0.1, 0.15) is 0 Å². The summed E-state index contributed by atoms with van der Waals surface area (Å²) in [6.07, 6.45) is 0.795. The molecule has 3 aromatic carbocycles. The van der Waals surface area contributed by atoms with E-state index in [1.807, 2.05) is 30.3 Å². The van der Waals surface area contributed by atoms with Crippen LogP contribution < -0.4 is 14.2 Å². The van der Waals surface area contributed by atoms with E-state index in [4.69, 9.17) is 9.47 Å². The summed E-state index contributed by atoms with van der Waals surface area (Å²) in [6, 6.07) is 21.9. The van der Waals surface area contributed by atoms with Crippen LogP contribution in [0.3, 0.4) is 0 Å². The number of nitrogens with one attached hydrogen (secondary N) is 1. The van der Waals surface area contributed by atoms with Gasteiger partial charge in [0.25, 0.3) is 10.0 Å². The number of benzene rings is 3. The van der Waals surface area contributed by atoms with Crippen molar-refractivity contribution in [3.63, 3.8) is 0 Å². The standard InChI is InChI=1S/C21H21NO4S/c1-25-20-13-12-19(15-21(20)26-2)27(23,24)22-18-10-8-17(9-11-18)14-16-6-4-3-5-7-16/h3-13,15,22H,14H2,1-2H3. The molecule has 0 aliphatic rings. The molecule has 0 aliphatic carbocycles. The predicted molar refractivity (Wildman–Crippen MR) is 106 cm³/mol. The van der Waals surface area contributed by atoms with E-state index in [-0.39, 0.29) is 4.90 Å². The van der Waals surface area contributed by atoms with E-state index in [9.17, 15) is 8.42 Å². The van der Waals surface area contributed by atoms with Gasteiger partial charge in [-0.05, 0) is 41.8 Å². The van der Waals surface area contributed by atoms with Gasteiger partial charge in [0.15, 0.2) is 11.5 Å². The second-order valence-corrected chi connectivity index (χ2v) is 7.66. The molecule has 5 nitrogen and oxygen atoms in total. The Kier molecular flexibility index (Phi) is 5.66. The molecule has 0 radical (unpaired) electrons. The zero-order chi connectivity index (χ0) is 19.3. The van der Waals surface area contributed by atoms with Gasteiger partial charge < -0.3 is 9.47 Å². The van der Waals surface area contributed by atoms with E-state index in [0.717, 1.165) is 12.0 Å². The third-order valence-electron chi connectivity index (χ3n) is 4.12. The van der Waals surface area contributed by atoms with Crippen molar-refractivity contribution in [1.82, 2.24) is 0 Å². The summed E-state index contributed by atoms with van der Waals surface area (Å²) in [5.41, 5.74) is 2.81. The summed E-state index contributed by atoms with van der Waals surface area (Å²) in [5.74, 6) is 0.834. The van der Waals surface area contributed by atoms with E-state index < -0.39 is 10.0 Å². The molecule has 0 fully saturated rings.